The first kappa shape index (κ1) is 21.1. The van der Waals surface area contributed by atoms with Gasteiger partial charge in [0.05, 0.1) is 10.6 Å². The van der Waals surface area contributed by atoms with Crippen LogP contribution in [0.15, 0.2) is 47.6 Å². The lowest BCUT2D eigenvalue weighted by molar-refractivity contribution is -0.387. The Hall–Kier alpha value is -2.65. The first-order valence-electron chi connectivity index (χ1n) is 7.92. The van der Waals surface area contributed by atoms with Crippen LogP contribution in [0, 0.1) is 15.9 Å². The molecule has 0 saturated carbocycles. The Bertz CT molecular complexity index is 1020. The molecule has 11 heteroatoms. The van der Waals surface area contributed by atoms with Crippen LogP contribution in [-0.2, 0) is 10.4 Å². The second-order valence-electron chi connectivity index (χ2n) is 6.13. The molecule has 0 aliphatic carbocycles. The number of hydrogen-bond acceptors (Lipinski definition) is 4. The molecular formula is C18H10Cl2F4N2O3. The Balaban J connectivity index is 1.90. The molecule has 5 nitrogen and oxygen atoms in total. The maximum atomic E-state index is 13.9. The van der Waals surface area contributed by atoms with Crippen LogP contribution in [0.3, 0.4) is 0 Å². The molecule has 0 aromatic heterocycles. The third-order valence-corrected chi connectivity index (χ3v) is 4.61. The summed E-state index contributed by atoms with van der Waals surface area (Å²) in [6.07, 6.45) is -3.04. The fourth-order valence-electron chi connectivity index (χ4n) is 2.77. The summed E-state index contributed by atoms with van der Waals surface area (Å²) >= 11 is 11.7. The zero-order chi connectivity index (χ0) is 21.4. The van der Waals surface area contributed by atoms with Crippen molar-refractivity contribution < 1.29 is 27.3 Å². The number of nitrogens with zero attached hydrogens (tertiary/aromatic N) is 2. The zero-order valence-corrected chi connectivity index (χ0v) is 15.7. The van der Waals surface area contributed by atoms with Crippen LogP contribution >= 0.6 is 23.2 Å². The monoisotopic (exact) mass is 448 g/mol. The fourth-order valence-corrected chi connectivity index (χ4v) is 3.29. The van der Waals surface area contributed by atoms with Gasteiger partial charge in [-0.1, -0.05) is 40.5 Å². The van der Waals surface area contributed by atoms with E-state index >= 15 is 0 Å². The third-order valence-electron chi connectivity index (χ3n) is 4.17. The highest BCUT2D eigenvalue weighted by atomic mass is 35.5. The van der Waals surface area contributed by atoms with Gasteiger partial charge in [0.25, 0.3) is 5.60 Å². The van der Waals surface area contributed by atoms with Gasteiger partial charge in [0.1, 0.15) is 0 Å². The van der Waals surface area contributed by atoms with E-state index in [-0.39, 0.29) is 26.9 Å². The molecule has 0 N–H and O–H groups in total. The molecule has 1 aliphatic rings. The number of allylic oxidation sites excluding steroid dienone is 1. The summed E-state index contributed by atoms with van der Waals surface area (Å²) in [5, 5.41) is 14.3. The molecule has 0 spiro atoms. The number of alkyl halides is 3. The molecule has 2 aromatic carbocycles. The molecule has 1 heterocycles. The molecule has 1 aliphatic heterocycles. The van der Waals surface area contributed by atoms with Gasteiger partial charge < -0.3 is 4.84 Å². The summed E-state index contributed by atoms with van der Waals surface area (Å²) in [5.41, 5.74) is -3.72. The summed E-state index contributed by atoms with van der Waals surface area (Å²) in [6, 6.07) is 6.55. The molecule has 2 aromatic rings. The van der Waals surface area contributed by atoms with Gasteiger partial charge in [0.15, 0.2) is 0 Å². The second-order valence-corrected chi connectivity index (χ2v) is 7.01. The van der Waals surface area contributed by atoms with Gasteiger partial charge in [-0.05, 0) is 35.9 Å². The minimum absolute atomic E-state index is 0.00217. The van der Waals surface area contributed by atoms with Crippen LogP contribution in [0.2, 0.25) is 10.0 Å². The zero-order valence-electron chi connectivity index (χ0n) is 14.2. The van der Waals surface area contributed by atoms with Crippen LogP contribution in [0.4, 0.5) is 23.2 Å². The van der Waals surface area contributed by atoms with E-state index in [0.717, 1.165) is 24.3 Å². The summed E-state index contributed by atoms with van der Waals surface area (Å²) < 4.78 is 55.0. The van der Waals surface area contributed by atoms with E-state index in [0.29, 0.717) is 0 Å². The van der Waals surface area contributed by atoms with Crippen molar-refractivity contribution in [1.29, 1.82) is 0 Å². The largest absolute Gasteiger partial charge is 0.435 e. The van der Waals surface area contributed by atoms with E-state index in [1.807, 2.05) is 0 Å². The van der Waals surface area contributed by atoms with E-state index in [4.69, 9.17) is 28.0 Å². The standard InChI is InChI=1S/C18H10Cl2F4N2O3/c19-12-6-11(7-13(20)8-12)17(18(22,23)24)9-14(25-29-17)3-1-10-2-4-15(21)16(5-10)26(27)28/h1-8H,9H2/b3-1+. The van der Waals surface area contributed by atoms with Crippen molar-refractivity contribution in [3.63, 3.8) is 0 Å². The van der Waals surface area contributed by atoms with Crippen molar-refractivity contribution in [2.24, 2.45) is 5.16 Å². The highest BCUT2D eigenvalue weighted by molar-refractivity contribution is 6.34. The lowest BCUT2D eigenvalue weighted by Crippen LogP contribution is -2.42. The average Bonchev–Trinajstić information content (AvgIpc) is 3.05. The molecule has 29 heavy (non-hydrogen) atoms. The van der Waals surface area contributed by atoms with Gasteiger partial charge in [0, 0.05) is 28.1 Å². The van der Waals surface area contributed by atoms with E-state index in [1.165, 1.54) is 24.3 Å². The maximum Gasteiger partial charge on any atom is 0.435 e. The lowest BCUT2D eigenvalue weighted by atomic mass is 9.88. The van der Waals surface area contributed by atoms with Crippen molar-refractivity contribution >= 4 is 40.7 Å². The Labute approximate surface area is 171 Å². The number of nitro benzene ring substituents is 1. The van der Waals surface area contributed by atoms with Gasteiger partial charge in [-0.15, -0.1) is 0 Å². The van der Waals surface area contributed by atoms with Gasteiger partial charge in [-0.2, -0.15) is 17.6 Å². The second kappa shape index (κ2) is 7.64. The third kappa shape index (κ3) is 4.20. The lowest BCUT2D eigenvalue weighted by Gasteiger charge is -2.29. The molecule has 0 radical (unpaired) electrons. The van der Waals surface area contributed by atoms with Crippen LogP contribution in [-0.4, -0.2) is 16.8 Å². The first-order valence-corrected chi connectivity index (χ1v) is 8.68. The molecule has 0 bridgehead atoms. The predicted octanol–water partition coefficient (Wildman–Crippen LogP) is 6.29. The number of halogens is 6. The van der Waals surface area contributed by atoms with Gasteiger partial charge in [-0.25, -0.2) is 0 Å². The van der Waals surface area contributed by atoms with Crippen LogP contribution in [0.1, 0.15) is 17.5 Å². The van der Waals surface area contributed by atoms with Gasteiger partial charge >= 0.3 is 11.9 Å². The molecular weight excluding hydrogens is 439 g/mol. The van der Waals surface area contributed by atoms with E-state index in [2.05, 4.69) is 5.16 Å². The van der Waals surface area contributed by atoms with E-state index in [1.54, 1.807) is 0 Å². The van der Waals surface area contributed by atoms with Crippen molar-refractivity contribution in [1.82, 2.24) is 0 Å². The topological polar surface area (TPSA) is 64.7 Å². The molecule has 3 rings (SSSR count). The van der Waals surface area contributed by atoms with Crippen molar-refractivity contribution in [2.75, 3.05) is 0 Å². The molecule has 0 fully saturated rings. The van der Waals surface area contributed by atoms with E-state index < -0.39 is 34.6 Å². The number of nitro groups is 1. The Morgan fingerprint density at radius 3 is 2.38 bits per heavy atom. The van der Waals surface area contributed by atoms with Gasteiger partial charge in [-0.3, -0.25) is 10.1 Å². The van der Waals surface area contributed by atoms with Gasteiger partial charge in [0.2, 0.25) is 5.82 Å². The molecule has 0 saturated heterocycles. The number of oxime groups is 1. The average molecular weight is 449 g/mol. The Morgan fingerprint density at radius 1 is 1.14 bits per heavy atom. The normalized spacial score (nSPS) is 19.3. The predicted molar refractivity (Wildman–Crippen MR) is 99.4 cm³/mol. The quantitative estimate of drug-likeness (QED) is 0.313. The maximum absolute atomic E-state index is 13.9. The minimum atomic E-state index is -4.84. The minimum Gasteiger partial charge on any atom is -0.374 e. The van der Waals surface area contributed by atoms with Crippen molar-refractivity contribution in [2.45, 2.75) is 18.2 Å². The number of rotatable bonds is 4. The summed E-state index contributed by atoms with van der Waals surface area (Å²) in [4.78, 5) is 14.7. The summed E-state index contributed by atoms with van der Waals surface area (Å²) in [6.45, 7) is 0. The first-order chi connectivity index (χ1) is 13.5. The van der Waals surface area contributed by atoms with Crippen LogP contribution in [0.5, 0.6) is 0 Å². The number of hydrogen-bond donors (Lipinski definition) is 0. The summed E-state index contributed by atoms with van der Waals surface area (Å²) in [7, 11) is 0. The Kier molecular flexibility index (Phi) is 5.55. The van der Waals surface area contributed by atoms with Crippen LogP contribution in [0.25, 0.3) is 6.08 Å². The fraction of sp³-hybridized carbons (Fsp3) is 0.167. The van der Waals surface area contributed by atoms with Crippen molar-refractivity contribution in [3.05, 3.63) is 79.6 Å². The molecule has 1 atom stereocenters. The smallest absolute Gasteiger partial charge is 0.374 e. The highest BCUT2D eigenvalue weighted by Crippen LogP contribution is 2.49. The van der Waals surface area contributed by atoms with Crippen molar-refractivity contribution in [3.8, 4) is 0 Å². The highest BCUT2D eigenvalue weighted by Gasteiger charge is 2.62. The number of benzene rings is 2. The molecule has 152 valence electrons. The molecule has 0 amide bonds. The molecule has 1 unspecified atom stereocenters. The Morgan fingerprint density at radius 2 is 1.79 bits per heavy atom. The van der Waals surface area contributed by atoms with Crippen LogP contribution < -0.4 is 0 Å². The SMILES string of the molecule is O=[N+]([O-])c1cc(/C=C/C2=NOC(c3cc(Cl)cc(Cl)c3)(C(F)(F)F)C2)ccc1F. The van der Waals surface area contributed by atoms with E-state index in [9.17, 15) is 27.7 Å². The summed E-state index contributed by atoms with van der Waals surface area (Å²) in [5.74, 6) is -1.03.